The number of rotatable bonds is 1. The van der Waals surface area contributed by atoms with Gasteiger partial charge in [0.2, 0.25) is 0 Å². The molecule has 0 aliphatic rings. The third-order valence-corrected chi connectivity index (χ3v) is 3.83. The zero-order chi connectivity index (χ0) is 12.0. The van der Waals surface area contributed by atoms with E-state index in [2.05, 4.69) is 16.1 Å². The number of aromatic nitrogens is 3. The number of anilines is 1. The molecule has 0 fully saturated rings. The van der Waals surface area contributed by atoms with Gasteiger partial charge < -0.3 is 5.73 Å². The van der Waals surface area contributed by atoms with Crippen molar-refractivity contribution in [3.05, 3.63) is 30.0 Å². The third-order valence-electron chi connectivity index (χ3n) is 2.77. The number of aryl methyl sites for hydroxylation is 2. The van der Waals surface area contributed by atoms with Crippen LogP contribution in [0.5, 0.6) is 0 Å². The zero-order valence-corrected chi connectivity index (χ0v) is 10.5. The molecule has 0 saturated carbocycles. The van der Waals surface area contributed by atoms with E-state index in [0.29, 0.717) is 5.82 Å². The summed E-state index contributed by atoms with van der Waals surface area (Å²) in [6.07, 6.45) is 0. The van der Waals surface area contributed by atoms with Crippen molar-refractivity contribution in [3.63, 3.8) is 0 Å². The first-order valence-corrected chi connectivity index (χ1v) is 6.13. The Labute approximate surface area is 103 Å². The van der Waals surface area contributed by atoms with E-state index < -0.39 is 0 Å². The molecule has 0 bridgehead atoms. The Morgan fingerprint density at radius 3 is 2.71 bits per heavy atom. The van der Waals surface area contributed by atoms with Gasteiger partial charge in [0, 0.05) is 7.05 Å². The minimum Gasteiger partial charge on any atom is -0.383 e. The molecule has 0 unspecified atom stereocenters. The topological polar surface area (TPSA) is 56.7 Å². The van der Waals surface area contributed by atoms with Crippen molar-refractivity contribution in [2.45, 2.75) is 6.92 Å². The average molecular weight is 244 g/mol. The van der Waals surface area contributed by atoms with E-state index >= 15 is 0 Å². The van der Waals surface area contributed by atoms with Crippen LogP contribution in [-0.4, -0.2) is 14.8 Å². The highest BCUT2D eigenvalue weighted by Gasteiger charge is 2.16. The predicted molar refractivity (Wildman–Crippen MR) is 71.0 cm³/mol. The van der Waals surface area contributed by atoms with Crippen molar-refractivity contribution in [2.75, 3.05) is 5.73 Å². The number of thiazole rings is 1. The summed E-state index contributed by atoms with van der Waals surface area (Å²) in [7, 11) is 1.85. The molecule has 0 aliphatic carbocycles. The van der Waals surface area contributed by atoms with E-state index in [4.69, 9.17) is 5.73 Å². The van der Waals surface area contributed by atoms with Crippen molar-refractivity contribution in [1.29, 1.82) is 0 Å². The lowest BCUT2D eigenvalue weighted by Crippen LogP contribution is -1.97. The van der Waals surface area contributed by atoms with E-state index in [1.54, 1.807) is 16.0 Å². The van der Waals surface area contributed by atoms with Gasteiger partial charge in [0.05, 0.1) is 21.5 Å². The van der Waals surface area contributed by atoms with Crippen molar-refractivity contribution >= 4 is 27.4 Å². The highest BCUT2D eigenvalue weighted by atomic mass is 32.1. The van der Waals surface area contributed by atoms with Crippen LogP contribution in [0.25, 0.3) is 20.8 Å². The highest BCUT2D eigenvalue weighted by Crippen LogP contribution is 2.34. The molecule has 0 saturated heterocycles. The lowest BCUT2D eigenvalue weighted by molar-refractivity contribution is 0.767. The summed E-state index contributed by atoms with van der Waals surface area (Å²) in [5, 5.41) is 5.25. The average Bonchev–Trinajstić information content (AvgIpc) is 2.81. The van der Waals surface area contributed by atoms with E-state index in [-0.39, 0.29) is 0 Å². The molecule has 3 aromatic rings. The van der Waals surface area contributed by atoms with Gasteiger partial charge >= 0.3 is 0 Å². The van der Waals surface area contributed by atoms with Crippen LogP contribution in [0.3, 0.4) is 0 Å². The molecular formula is C12H12N4S. The van der Waals surface area contributed by atoms with Crippen LogP contribution >= 0.6 is 11.3 Å². The summed E-state index contributed by atoms with van der Waals surface area (Å²) < 4.78 is 2.86. The van der Waals surface area contributed by atoms with E-state index in [1.807, 2.05) is 32.2 Å². The smallest absolute Gasteiger partial charge is 0.131 e. The molecule has 2 heterocycles. The number of hydrogen-bond acceptors (Lipinski definition) is 4. The van der Waals surface area contributed by atoms with Gasteiger partial charge in [-0.3, -0.25) is 4.68 Å². The van der Waals surface area contributed by atoms with E-state index in [0.717, 1.165) is 21.8 Å². The first-order valence-electron chi connectivity index (χ1n) is 5.32. The highest BCUT2D eigenvalue weighted by molar-refractivity contribution is 7.21. The Morgan fingerprint density at radius 2 is 2.06 bits per heavy atom. The van der Waals surface area contributed by atoms with Crippen LogP contribution in [0.1, 0.15) is 5.69 Å². The summed E-state index contributed by atoms with van der Waals surface area (Å²) >= 11 is 1.65. The second kappa shape index (κ2) is 3.56. The van der Waals surface area contributed by atoms with Crippen molar-refractivity contribution in [3.8, 4) is 10.6 Å². The fourth-order valence-electron chi connectivity index (χ4n) is 1.92. The summed E-state index contributed by atoms with van der Waals surface area (Å²) in [5.74, 6) is 0.668. The number of nitrogens with two attached hydrogens (primary N) is 1. The first-order chi connectivity index (χ1) is 8.16. The lowest BCUT2D eigenvalue weighted by Gasteiger charge is -1.95. The predicted octanol–water partition coefficient (Wildman–Crippen LogP) is 2.59. The van der Waals surface area contributed by atoms with Gasteiger partial charge in [-0.1, -0.05) is 12.1 Å². The van der Waals surface area contributed by atoms with Crippen LogP contribution in [0.4, 0.5) is 5.82 Å². The van der Waals surface area contributed by atoms with Crippen LogP contribution in [0, 0.1) is 6.92 Å². The summed E-state index contributed by atoms with van der Waals surface area (Å²) in [6, 6.07) is 8.09. The van der Waals surface area contributed by atoms with Crippen LogP contribution < -0.4 is 5.73 Å². The Kier molecular flexibility index (Phi) is 2.16. The molecule has 3 rings (SSSR count). The Morgan fingerprint density at radius 1 is 1.29 bits per heavy atom. The van der Waals surface area contributed by atoms with E-state index in [9.17, 15) is 0 Å². The SMILES string of the molecule is Cc1nn(C)c(N)c1-c1nc2ccccc2s1. The second-order valence-corrected chi connectivity index (χ2v) is 4.99. The largest absolute Gasteiger partial charge is 0.383 e. The summed E-state index contributed by atoms with van der Waals surface area (Å²) in [4.78, 5) is 4.60. The summed E-state index contributed by atoms with van der Waals surface area (Å²) in [5.41, 5.74) is 8.91. The van der Waals surface area contributed by atoms with Crippen molar-refractivity contribution in [1.82, 2.24) is 14.8 Å². The number of benzene rings is 1. The van der Waals surface area contributed by atoms with Crippen molar-refractivity contribution in [2.24, 2.45) is 7.05 Å². The van der Waals surface area contributed by atoms with Crippen molar-refractivity contribution < 1.29 is 0 Å². The van der Waals surface area contributed by atoms with Gasteiger partial charge in [0.1, 0.15) is 10.8 Å². The van der Waals surface area contributed by atoms with Crippen LogP contribution in [-0.2, 0) is 7.05 Å². The molecule has 17 heavy (non-hydrogen) atoms. The van der Waals surface area contributed by atoms with Gasteiger partial charge in [0.25, 0.3) is 0 Å². The van der Waals surface area contributed by atoms with Gasteiger partial charge in [-0.2, -0.15) is 5.10 Å². The minimum absolute atomic E-state index is 0.668. The third kappa shape index (κ3) is 1.51. The Hall–Kier alpha value is -1.88. The molecule has 5 heteroatoms. The number of fused-ring (bicyclic) bond motifs is 1. The molecule has 4 nitrogen and oxygen atoms in total. The number of nitrogens with zero attached hydrogens (tertiary/aromatic N) is 3. The fourth-order valence-corrected chi connectivity index (χ4v) is 2.99. The van der Waals surface area contributed by atoms with E-state index in [1.165, 1.54) is 4.70 Å². The normalized spacial score (nSPS) is 11.2. The maximum absolute atomic E-state index is 6.02. The maximum Gasteiger partial charge on any atom is 0.131 e. The molecule has 0 atom stereocenters. The molecule has 0 aliphatic heterocycles. The minimum atomic E-state index is 0.668. The van der Waals surface area contributed by atoms with Gasteiger partial charge in [-0.05, 0) is 19.1 Å². The molecule has 0 amide bonds. The number of nitrogen functional groups attached to an aromatic ring is 1. The molecule has 0 spiro atoms. The second-order valence-electron chi connectivity index (χ2n) is 3.96. The fraction of sp³-hybridized carbons (Fsp3) is 0.167. The van der Waals surface area contributed by atoms with Crippen LogP contribution in [0.2, 0.25) is 0 Å². The van der Waals surface area contributed by atoms with Gasteiger partial charge in [-0.25, -0.2) is 4.98 Å². The molecule has 86 valence electrons. The first kappa shape index (κ1) is 10.3. The molecular weight excluding hydrogens is 232 g/mol. The van der Waals surface area contributed by atoms with Crippen LogP contribution in [0.15, 0.2) is 24.3 Å². The molecule has 0 radical (unpaired) electrons. The number of para-hydroxylation sites is 1. The Balaban J connectivity index is 2.27. The lowest BCUT2D eigenvalue weighted by atomic mass is 10.2. The quantitative estimate of drug-likeness (QED) is 0.715. The summed E-state index contributed by atoms with van der Waals surface area (Å²) in [6.45, 7) is 1.96. The monoisotopic (exact) mass is 244 g/mol. The Bertz CT molecular complexity index is 663. The standard InChI is InChI=1S/C12H12N4S/c1-7-10(11(13)16(2)15-7)12-14-8-5-3-4-6-9(8)17-12/h3-6H,13H2,1-2H3. The molecule has 2 aromatic heterocycles. The van der Waals surface area contributed by atoms with Gasteiger partial charge in [-0.15, -0.1) is 11.3 Å². The maximum atomic E-state index is 6.02. The number of hydrogen-bond donors (Lipinski definition) is 1. The van der Waals surface area contributed by atoms with Gasteiger partial charge in [0.15, 0.2) is 0 Å². The zero-order valence-electron chi connectivity index (χ0n) is 9.64. The molecule has 2 N–H and O–H groups in total. The molecule has 1 aromatic carbocycles.